The van der Waals surface area contributed by atoms with E-state index < -0.39 is 5.91 Å². The van der Waals surface area contributed by atoms with Crippen LogP contribution in [0.15, 0.2) is 27.1 Å². The van der Waals surface area contributed by atoms with Gasteiger partial charge in [0.05, 0.1) is 0 Å². The van der Waals surface area contributed by atoms with E-state index in [4.69, 9.17) is 20.9 Å². The second-order valence-electron chi connectivity index (χ2n) is 6.71. The number of carbonyl (C=O) groups is 1. The number of anilines is 1. The van der Waals surface area contributed by atoms with Crippen LogP contribution in [0.2, 0.25) is 0 Å². The maximum Gasteiger partial charge on any atom is 0.271 e. The van der Waals surface area contributed by atoms with Crippen LogP contribution in [0.4, 0.5) is 5.82 Å². The molecule has 1 aliphatic rings. The number of hydrogen-bond donors (Lipinski definition) is 2. The average Bonchev–Trinajstić information content (AvgIpc) is 3.30. The summed E-state index contributed by atoms with van der Waals surface area (Å²) in [6.45, 7) is 10.2. The van der Waals surface area contributed by atoms with E-state index in [0.29, 0.717) is 23.3 Å². The molecule has 2 heterocycles. The number of nitrogen functional groups attached to an aromatic ring is 1. The van der Waals surface area contributed by atoms with E-state index in [1.54, 1.807) is 11.8 Å². The van der Waals surface area contributed by atoms with Crippen LogP contribution in [0.1, 0.15) is 37.7 Å². The van der Waals surface area contributed by atoms with E-state index in [1.165, 1.54) is 11.8 Å². The Morgan fingerprint density at radius 2 is 1.87 bits per heavy atom. The molecule has 1 amide bonds. The van der Waals surface area contributed by atoms with Crippen molar-refractivity contribution in [2.45, 2.75) is 48.7 Å². The van der Waals surface area contributed by atoms with Gasteiger partial charge in [-0.05, 0) is 43.9 Å². The van der Waals surface area contributed by atoms with E-state index in [2.05, 4.69) is 30.7 Å². The van der Waals surface area contributed by atoms with Crippen LogP contribution >= 0.6 is 23.5 Å². The second-order valence-corrected chi connectivity index (χ2v) is 9.03. The standard InChI is InChI=1S/C20H29N5O3S2/c1-4-24(5-2)8-7-9-25-18(21)17(19(22)26)23-20(25)30-16-11-14-13(27-12-28-14)10-15(16)29-6-3/h10-11H,4-9,12,21H2,1-3H3,(H2,22,26). The van der Waals surface area contributed by atoms with Crippen LogP contribution in [0, 0.1) is 0 Å². The van der Waals surface area contributed by atoms with Gasteiger partial charge in [-0.25, -0.2) is 4.98 Å². The number of primary amides is 1. The Kier molecular flexibility index (Phi) is 7.79. The first kappa shape index (κ1) is 22.6. The summed E-state index contributed by atoms with van der Waals surface area (Å²) >= 11 is 3.18. The Morgan fingerprint density at radius 1 is 1.20 bits per heavy atom. The molecule has 0 atom stereocenters. The van der Waals surface area contributed by atoms with Crippen LogP contribution in [-0.2, 0) is 6.54 Å². The third kappa shape index (κ3) is 4.98. The summed E-state index contributed by atoms with van der Waals surface area (Å²) in [5.74, 6) is 2.07. The lowest BCUT2D eigenvalue weighted by molar-refractivity contribution is 0.0996. The van der Waals surface area contributed by atoms with Gasteiger partial charge in [0.1, 0.15) is 5.82 Å². The smallest absolute Gasteiger partial charge is 0.271 e. The molecule has 4 N–H and O–H groups in total. The van der Waals surface area contributed by atoms with E-state index in [9.17, 15) is 4.79 Å². The van der Waals surface area contributed by atoms with Crippen molar-refractivity contribution in [2.24, 2.45) is 5.73 Å². The molecule has 0 bridgehead atoms. The molecule has 3 rings (SSSR count). The molecule has 1 aliphatic heterocycles. The summed E-state index contributed by atoms with van der Waals surface area (Å²) in [6, 6.07) is 3.95. The maximum absolute atomic E-state index is 11.8. The fourth-order valence-electron chi connectivity index (χ4n) is 3.26. The van der Waals surface area contributed by atoms with Gasteiger partial charge in [0.15, 0.2) is 22.3 Å². The predicted molar refractivity (Wildman–Crippen MR) is 121 cm³/mol. The number of amides is 1. The number of nitrogens with zero attached hydrogens (tertiary/aromatic N) is 3. The zero-order valence-electron chi connectivity index (χ0n) is 17.6. The Hall–Kier alpha value is -2.04. The zero-order chi connectivity index (χ0) is 21.7. The van der Waals surface area contributed by atoms with E-state index >= 15 is 0 Å². The van der Waals surface area contributed by atoms with Crippen molar-refractivity contribution in [1.29, 1.82) is 0 Å². The molecule has 0 fully saturated rings. The summed E-state index contributed by atoms with van der Waals surface area (Å²) in [7, 11) is 0. The normalized spacial score (nSPS) is 12.7. The van der Waals surface area contributed by atoms with Crippen molar-refractivity contribution in [1.82, 2.24) is 14.5 Å². The molecule has 1 aromatic heterocycles. The van der Waals surface area contributed by atoms with Crippen molar-refractivity contribution >= 4 is 35.2 Å². The van der Waals surface area contributed by atoms with Gasteiger partial charge in [0.2, 0.25) is 6.79 Å². The number of imidazole rings is 1. The summed E-state index contributed by atoms with van der Waals surface area (Å²) in [4.78, 5) is 20.7. The fraction of sp³-hybridized carbons (Fsp3) is 0.500. The van der Waals surface area contributed by atoms with Crippen LogP contribution in [-0.4, -0.2) is 52.5 Å². The first-order chi connectivity index (χ1) is 14.5. The molecule has 1 aromatic carbocycles. The van der Waals surface area contributed by atoms with Crippen LogP contribution in [0.3, 0.4) is 0 Å². The Morgan fingerprint density at radius 3 is 2.47 bits per heavy atom. The number of aromatic nitrogens is 2. The Labute approximate surface area is 185 Å². The minimum absolute atomic E-state index is 0.116. The van der Waals surface area contributed by atoms with Crippen molar-refractivity contribution in [3.8, 4) is 11.5 Å². The topological polar surface area (TPSA) is 109 Å². The van der Waals surface area contributed by atoms with E-state index in [0.717, 1.165) is 47.3 Å². The van der Waals surface area contributed by atoms with Crippen LogP contribution in [0.5, 0.6) is 11.5 Å². The highest BCUT2D eigenvalue weighted by Crippen LogP contribution is 2.44. The van der Waals surface area contributed by atoms with Gasteiger partial charge in [-0.3, -0.25) is 4.79 Å². The lowest BCUT2D eigenvalue weighted by Gasteiger charge is -2.18. The molecule has 0 aliphatic carbocycles. The number of hydrogen-bond acceptors (Lipinski definition) is 8. The van der Waals surface area contributed by atoms with Crippen molar-refractivity contribution < 1.29 is 14.3 Å². The first-order valence-corrected chi connectivity index (χ1v) is 11.9. The molecule has 0 unspecified atom stereocenters. The number of fused-ring (bicyclic) bond motifs is 1. The number of nitrogens with two attached hydrogens (primary N) is 2. The van der Waals surface area contributed by atoms with Crippen molar-refractivity contribution in [3.63, 3.8) is 0 Å². The zero-order valence-corrected chi connectivity index (χ0v) is 19.3. The number of rotatable bonds is 11. The molecule has 0 radical (unpaired) electrons. The van der Waals surface area contributed by atoms with Gasteiger partial charge in [-0.2, -0.15) is 0 Å². The van der Waals surface area contributed by atoms with Gasteiger partial charge in [0.25, 0.3) is 5.91 Å². The molecule has 10 heteroatoms. The third-order valence-electron chi connectivity index (χ3n) is 4.90. The predicted octanol–water partition coefficient (Wildman–Crippen LogP) is 3.29. The summed E-state index contributed by atoms with van der Waals surface area (Å²) < 4.78 is 12.9. The highest BCUT2D eigenvalue weighted by Gasteiger charge is 2.23. The van der Waals surface area contributed by atoms with Crippen molar-refractivity contribution in [2.75, 3.05) is 37.9 Å². The quantitative estimate of drug-likeness (QED) is 0.501. The SMILES string of the molecule is CCSc1cc2c(cc1Sc1nc(C(N)=O)c(N)n1CCCN(CC)CC)OCO2. The maximum atomic E-state index is 11.8. The summed E-state index contributed by atoms with van der Waals surface area (Å²) in [5.41, 5.74) is 11.9. The molecule has 0 saturated heterocycles. The fourth-order valence-corrected chi connectivity index (χ4v) is 5.23. The van der Waals surface area contributed by atoms with Gasteiger partial charge < -0.3 is 30.4 Å². The Bertz CT molecular complexity index is 899. The van der Waals surface area contributed by atoms with E-state index in [-0.39, 0.29) is 12.5 Å². The third-order valence-corrected chi connectivity index (χ3v) is 7.01. The number of carbonyl (C=O) groups excluding carboxylic acids is 1. The molecule has 2 aromatic rings. The molecule has 0 saturated carbocycles. The molecular formula is C20H29N5O3S2. The lowest BCUT2D eigenvalue weighted by Crippen LogP contribution is -2.25. The first-order valence-electron chi connectivity index (χ1n) is 10.1. The minimum atomic E-state index is -0.620. The molecule has 0 spiro atoms. The van der Waals surface area contributed by atoms with Gasteiger partial charge in [-0.1, -0.05) is 32.5 Å². The van der Waals surface area contributed by atoms with Crippen LogP contribution in [0.25, 0.3) is 0 Å². The van der Waals surface area contributed by atoms with Gasteiger partial charge in [-0.15, -0.1) is 11.8 Å². The average molecular weight is 452 g/mol. The largest absolute Gasteiger partial charge is 0.454 e. The molecule has 30 heavy (non-hydrogen) atoms. The Balaban J connectivity index is 1.89. The second kappa shape index (κ2) is 10.3. The molecule has 8 nitrogen and oxygen atoms in total. The van der Waals surface area contributed by atoms with E-state index in [1.807, 2.05) is 16.7 Å². The molecular weight excluding hydrogens is 422 g/mol. The molecule has 164 valence electrons. The lowest BCUT2D eigenvalue weighted by atomic mass is 10.3. The number of ether oxygens (including phenoxy) is 2. The highest BCUT2D eigenvalue weighted by atomic mass is 32.2. The highest BCUT2D eigenvalue weighted by molar-refractivity contribution is 8.02. The number of benzene rings is 1. The number of thioether (sulfide) groups is 1. The van der Waals surface area contributed by atoms with Gasteiger partial charge >= 0.3 is 0 Å². The van der Waals surface area contributed by atoms with Gasteiger partial charge in [0, 0.05) is 16.3 Å². The summed E-state index contributed by atoms with van der Waals surface area (Å²) in [6.07, 6.45) is 0.895. The van der Waals surface area contributed by atoms with Crippen molar-refractivity contribution in [3.05, 3.63) is 17.8 Å². The van der Waals surface area contributed by atoms with Crippen LogP contribution < -0.4 is 20.9 Å². The monoisotopic (exact) mass is 451 g/mol. The summed E-state index contributed by atoms with van der Waals surface area (Å²) in [5, 5.41) is 0.651. The minimum Gasteiger partial charge on any atom is -0.454 e.